The Labute approximate surface area is 372 Å². The first kappa shape index (κ1) is 37.5. The zero-order valence-electron chi connectivity index (χ0n) is 35.4. The van der Waals surface area contributed by atoms with Crippen molar-refractivity contribution in [3.8, 4) is 44.5 Å². The van der Waals surface area contributed by atoms with E-state index in [-0.39, 0.29) is 0 Å². The number of benzene rings is 9. The summed E-state index contributed by atoms with van der Waals surface area (Å²) in [5, 5.41) is 0. The van der Waals surface area contributed by atoms with Gasteiger partial charge >= 0.3 is 0 Å². The van der Waals surface area contributed by atoms with Crippen molar-refractivity contribution >= 4 is 17.1 Å². The molecule has 3 aliphatic rings. The first-order chi connectivity index (χ1) is 31.3. The van der Waals surface area contributed by atoms with Crippen LogP contribution in [-0.2, 0) is 5.41 Å². The molecule has 0 heterocycles. The summed E-state index contributed by atoms with van der Waals surface area (Å²) in [5.74, 6) is 2.37. The first-order valence-corrected chi connectivity index (χ1v) is 22.8. The minimum atomic E-state index is -0.546. The molecule has 0 spiro atoms. The quantitative estimate of drug-likeness (QED) is 0.140. The molecule has 0 radical (unpaired) electrons. The molecule has 0 aliphatic heterocycles. The summed E-state index contributed by atoms with van der Waals surface area (Å²) in [6.45, 7) is 0. The van der Waals surface area contributed by atoms with Gasteiger partial charge in [0.05, 0.1) is 16.8 Å². The fourth-order valence-corrected chi connectivity index (χ4v) is 11.9. The molecule has 1 heteroatoms. The van der Waals surface area contributed by atoms with Gasteiger partial charge in [-0.25, -0.2) is 0 Å². The molecule has 3 unspecified atom stereocenters. The molecular weight excluding hydrogens is 759 g/mol. The Hall–Kier alpha value is -7.22. The highest BCUT2D eigenvalue weighted by atomic mass is 15.1. The van der Waals surface area contributed by atoms with E-state index in [9.17, 15) is 0 Å². The van der Waals surface area contributed by atoms with E-state index in [1.807, 2.05) is 0 Å². The molecule has 3 atom stereocenters. The Balaban J connectivity index is 1.16. The van der Waals surface area contributed by atoms with Gasteiger partial charge in [0.1, 0.15) is 0 Å². The van der Waals surface area contributed by atoms with Crippen LogP contribution in [0.15, 0.2) is 231 Å². The summed E-state index contributed by atoms with van der Waals surface area (Å²) < 4.78 is 0. The van der Waals surface area contributed by atoms with Gasteiger partial charge in [0.2, 0.25) is 0 Å². The second-order valence-electron chi connectivity index (χ2n) is 17.9. The van der Waals surface area contributed by atoms with Gasteiger partial charge in [0.15, 0.2) is 0 Å². The van der Waals surface area contributed by atoms with Gasteiger partial charge in [0.25, 0.3) is 0 Å². The number of nitrogens with zero attached hydrogens (tertiary/aromatic N) is 1. The summed E-state index contributed by atoms with van der Waals surface area (Å²) in [7, 11) is 0. The van der Waals surface area contributed by atoms with Crippen molar-refractivity contribution in [3.05, 3.63) is 258 Å². The Bertz CT molecular complexity index is 3020. The Morgan fingerprint density at radius 3 is 1.52 bits per heavy atom. The van der Waals surface area contributed by atoms with E-state index in [4.69, 9.17) is 0 Å². The standard InChI is InChI=1S/C62H49N/c1-5-19-44(20-6-1)51-27-13-14-28-52(51)54-30-16-18-32-60(54)63(50-37-35-46(36-38-50)55-40-43-33-34-47(55)39-43)61-42-59-57(41-56(61)45-21-7-2-8-22-45)53-29-15-17-31-58(53)62(59,48-23-9-3-10-24-48)49-25-11-4-12-26-49/h1-32,35-38,41-43,47,55H,33-34,39-40H2. The molecule has 2 bridgehead atoms. The lowest BCUT2D eigenvalue weighted by Crippen LogP contribution is -2.28. The fourth-order valence-electron chi connectivity index (χ4n) is 11.9. The first-order valence-electron chi connectivity index (χ1n) is 22.8. The maximum Gasteiger partial charge on any atom is 0.0714 e. The van der Waals surface area contributed by atoms with Gasteiger partial charge in [-0.05, 0) is 129 Å². The van der Waals surface area contributed by atoms with Crippen LogP contribution in [0, 0.1) is 11.8 Å². The molecule has 63 heavy (non-hydrogen) atoms. The van der Waals surface area contributed by atoms with Crippen molar-refractivity contribution < 1.29 is 0 Å². The second-order valence-corrected chi connectivity index (χ2v) is 17.9. The van der Waals surface area contributed by atoms with Crippen LogP contribution in [0.2, 0.25) is 0 Å². The number of rotatable bonds is 9. The minimum Gasteiger partial charge on any atom is -0.309 e. The van der Waals surface area contributed by atoms with Crippen molar-refractivity contribution in [1.82, 2.24) is 0 Å². The molecule has 9 aromatic rings. The molecule has 0 N–H and O–H groups in total. The third kappa shape index (κ3) is 6.21. The van der Waals surface area contributed by atoms with Crippen LogP contribution in [-0.4, -0.2) is 0 Å². The minimum absolute atomic E-state index is 0.546. The lowest BCUT2D eigenvalue weighted by atomic mass is 9.67. The summed E-state index contributed by atoms with van der Waals surface area (Å²) in [6.07, 6.45) is 5.51. The molecule has 9 aromatic carbocycles. The third-order valence-electron chi connectivity index (χ3n) is 14.7. The highest BCUT2D eigenvalue weighted by molar-refractivity contribution is 6.00. The van der Waals surface area contributed by atoms with Gasteiger partial charge < -0.3 is 4.90 Å². The second kappa shape index (κ2) is 15.6. The summed E-state index contributed by atoms with van der Waals surface area (Å²) in [5.41, 5.74) is 19.3. The normalized spacial score (nSPS) is 17.9. The highest BCUT2D eigenvalue weighted by Gasteiger charge is 2.47. The van der Waals surface area contributed by atoms with Crippen LogP contribution >= 0.6 is 0 Å². The van der Waals surface area contributed by atoms with Gasteiger partial charge in [-0.1, -0.05) is 207 Å². The van der Waals surface area contributed by atoms with Crippen molar-refractivity contribution in [3.63, 3.8) is 0 Å². The SMILES string of the molecule is c1ccc(-c2ccccc2-c2ccccc2N(c2ccc(C3CC4CCC3C4)cc2)c2cc3c(cc2-c2ccccc2)-c2ccccc2C3(c2ccccc2)c2ccccc2)cc1. The van der Waals surface area contributed by atoms with E-state index in [1.54, 1.807) is 0 Å². The number of anilines is 3. The topological polar surface area (TPSA) is 3.24 Å². The van der Waals surface area contributed by atoms with Gasteiger partial charge in [-0.2, -0.15) is 0 Å². The molecule has 2 saturated carbocycles. The lowest BCUT2D eigenvalue weighted by molar-refractivity contribution is 0.420. The summed E-state index contributed by atoms with van der Waals surface area (Å²) in [4.78, 5) is 2.58. The Morgan fingerprint density at radius 1 is 0.365 bits per heavy atom. The van der Waals surface area contributed by atoms with Crippen molar-refractivity contribution in [2.45, 2.75) is 37.0 Å². The zero-order valence-corrected chi connectivity index (χ0v) is 35.4. The molecule has 302 valence electrons. The molecule has 3 aliphatic carbocycles. The van der Waals surface area contributed by atoms with Crippen LogP contribution in [0.4, 0.5) is 17.1 Å². The molecule has 0 aromatic heterocycles. The van der Waals surface area contributed by atoms with E-state index >= 15 is 0 Å². The van der Waals surface area contributed by atoms with Gasteiger partial charge in [-0.3, -0.25) is 0 Å². The largest absolute Gasteiger partial charge is 0.309 e. The van der Waals surface area contributed by atoms with Gasteiger partial charge in [-0.15, -0.1) is 0 Å². The number of para-hydroxylation sites is 1. The lowest BCUT2D eigenvalue weighted by Gasteiger charge is -2.36. The Kier molecular flexibility index (Phi) is 9.29. The van der Waals surface area contributed by atoms with Crippen molar-refractivity contribution in [2.75, 3.05) is 4.90 Å². The van der Waals surface area contributed by atoms with E-state index < -0.39 is 5.41 Å². The third-order valence-corrected chi connectivity index (χ3v) is 14.7. The predicted molar refractivity (Wildman–Crippen MR) is 263 cm³/mol. The van der Waals surface area contributed by atoms with Crippen LogP contribution in [0.5, 0.6) is 0 Å². The average Bonchev–Trinajstić information content (AvgIpc) is 4.08. The van der Waals surface area contributed by atoms with E-state index in [1.165, 1.54) is 98.0 Å². The monoisotopic (exact) mass is 807 g/mol. The number of hydrogen-bond donors (Lipinski definition) is 0. The zero-order chi connectivity index (χ0) is 41.7. The van der Waals surface area contributed by atoms with Crippen LogP contribution in [0.25, 0.3) is 44.5 Å². The van der Waals surface area contributed by atoms with E-state index in [2.05, 4.69) is 235 Å². The smallest absolute Gasteiger partial charge is 0.0714 e. The summed E-state index contributed by atoms with van der Waals surface area (Å²) in [6, 6.07) is 86.1. The van der Waals surface area contributed by atoms with E-state index in [0.29, 0.717) is 5.92 Å². The number of fused-ring (bicyclic) bond motifs is 5. The average molecular weight is 808 g/mol. The highest BCUT2D eigenvalue weighted by Crippen LogP contribution is 2.59. The predicted octanol–water partition coefficient (Wildman–Crippen LogP) is 16.4. The number of hydrogen-bond acceptors (Lipinski definition) is 1. The van der Waals surface area contributed by atoms with Crippen molar-refractivity contribution in [2.24, 2.45) is 11.8 Å². The molecule has 12 rings (SSSR count). The van der Waals surface area contributed by atoms with E-state index in [0.717, 1.165) is 28.9 Å². The van der Waals surface area contributed by atoms with Crippen LogP contribution in [0.1, 0.15) is 59.4 Å². The maximum atomic E-state index is 2.58. The fraction of sp³-hybridized carbons (Fsp3) is 0.129. The van der Waals surface area contributed by atoms with Crippen LogP contribution < -0.4 is 4.90 Å². The van der Waals surface area contributed by atoms with Crippen LogP contribution in [0.3, 0.4) is 0 Å². The molecular formula is C62H49N. The summed E-state index contributed by atoms with van der Waals surface area (Å²) >= 11 is 0. The molecule has 2 fully saturated rings. The van der Waals surface area contributed by atoms with Crippen molar-refractivity contribution in [1.29, 1.82) is 0 Å². The maximum absolute atomic E-state index is 2.58. The molecule has 0 amide bonds. The molecule has 0 saturated heterocycles. The van der Waals surface area contributed by atoms with Gasteiger partial charge in [0, 0.05) is 16.8 Å². The Morgan fingerprint density at radius 2 is 0.905 bits per heavy atom. The molecule has 1 nitrogen and oxygen atoms in total.